The number of anilines is 1. The number of pyridine rings is 1. The molecule has 0 radical (unpaired) electrons. The first-order valence-corrected chi connectivity index (χ1v) is 7.59. The second-order valence-electron chi connectivity index (χ2n) is 5.46. The first-order chi connectivity index (χ1) is 11.1. The number of aromatic nitrogens is 1. The number of carbonyl (C=O) groups is 1. The second-order valence-corrected chi connectivity index (χ2v) is 5.46. The third kappa shape index (κ3) is 3.14. The zero-order chi connectivity index (χ0) is 16.4. The van der Waals surface area contributed by atoms with Crippen LogP contribution in [0.1, 0.15) is 25.5 Å². The van der Waals surface area contributed by atoms with Gasteiger partial charge in [-0.3, -0.25) is 19.9 Å². The zero-order valence-corrected chi connectivity index (χ0v) is 12.7. The van der Waals surface area contributed by atoms with Gasteiger partial charge in [-0.1, -0.05) is 6.92 Å². The highest BCUT2D eigenvalue weighted by molar-refractivity contribution is 6.03. The number of rotatable bonds is 4. The normalized spacial score (nSPS) is 17.3. The maximum atomic E-state index is 12.3. The molecule has 1 aliphatic rings. The molecule has 1 aromatic heterocycles. The smallest absolute Gasteiger partial charge is 0.270 e. The quantitative estimate of drug-likeness (QED) is 0.691. The molecule has 2 heterocycles. The molecule has 1 aromatic carbocycles. The first kappa shape index (κ1) is 15.4. The number of hydrogen-bond acceptors (Lipinski definition) is 5. The Morgan fingerprint density at radius 1 is 1.48 bits per heavy atom. The van der Waals surface area contributed by atoms with Gasteiger partial charge in [0.05, 0.1) is 16.1 Å². The van der Waals surface area contributed by atoms with Crippen molar-refractivity contribution in [2.75, 3.05) is 11.9 Å². The van der Waals surface area contributed by atoms with Gasteiger partial charge in [-0.15, -0.1) is 0 Å². The monoisotopic (exact) mass is 315 g/mol. The summed E-state index contributed by atoms with van der Waals surface area (Å²) in [6, 6.07) is 6.22. The minimum absolute atomic E-state index is 0.0313. The van der Waals surface area contributed by atoms with Crippen LogP contribution in [-0.2, 0) is 16.0 Å². The average molecular weight is 315 g/mol. The van der Waals surface area contributed by atoms with Crippen molar-refractivity contribution < 1.29 is 14.5 Å². The van der Waals surface area contributed by atoms with E-state index in [9.17, 15) is 14.9 Å². The Hall–Kier alpha value is -2.54. The van der Waals surface area contributed by atoms with E-state index in [0.29, 0.717) is 36.0 Å². The van der Waals surface area contributed by atoms with Gasteiger partial charge in [-0.2, -0.15) is 0 Å². The van der Waals surface area contributed by atoms with E-state index >= 15 is 0 Å². The molecule has 1 atom stereocenters. The highest BCUT2D eigenvalue weighted by Gasteiger charge is 2.24. The van der Waals surface area contributed by atoms with Gasteiger partial charge in [0.25, 0.3) is 11.6 Å². The van der Waals surface area contributed by atoms with Crippen molar-refractivity contribution in [1.29, 1.82) is 0 Å². The van der Waals surface area contributed by atoms with E-state index in [1.807, 2.05) is 6.92 Å². The summed E-state index contributed by atoms with van der Waals surface area (Å²) in [5.41, 5.74) is 1.94. The van der Waals surface area contributed by atoms with Gasteiger partial charge in [0, 0.05) is 29.8 Å². The second kappa shape index (κ2) is 6.29. The lowest BCUT2D eigenvalue weighted by molar-refractivity contribution is -0.384. The Morgan fingerprint density at radius 2 is 2.30 bits per heavy atom. The summed E-state index contributed by atoms with van der Waals surface area (Å²) in [6.07, 6.45) is 1.80. The number of nitro groups is 1. The number of aryl methyl sites for hydroxylation is 1. The summed E-state index contributed by atoms with van der Waals surface area (Å²) in [5.74, 6) is -0.219. The molecule has 1 aliphatic heterocycles. The summed E-state index contributed by atoms with van der Waals surface area (Å²) in [5, 5.41) is 14.4. The maximum absolute atomic E-state index is 12.3. The van der Waals surface area contributed by atoms with E-state index in [2.05, 4.69) is 10.3 Å². The van der Waals surface area contributed by atoms with Crippen LogP contribution in [0.25, 0.3) is 10.9 Å². The van der Waals surface area contributed by atoms with Gasteiger partial charge >= 0.3 is 0 Å². The molecule has 1 amide bonds. The summed E-state index contributed by atoms with van der Waals surface area (Å²) >= 11 is 0. The topological polar surface area (TPSA) is 94.4 Å². The van der Waals surface area contributed by atoms with Crippen molar-refractivity contribution in [2.24, 2.45) is 0 Å². The predicted octanol–water partition coefficient (Wildman–Crippen LogP) is 2.82. The molecular weight excluding hydrogens is 298 g/mol. The van der Waals surface area contributed by atoms with Crippen LogP contribution in [0.15, 0.2) is 24.3 Å². The largest absolute Gasteiger partial charge is 0.368 e. The van der Waals surface area contributed by atoms with Crippen molar-refractivity contribution in [2.45, 2.75) is 32.3 Å². The van der Waals surface area contributed by atoms with Crippen LogP contribution in [0.4, 0.5) is 11.4 Å². The number of benzene rings is 1. The van der Waals surface area contributed by atoms with Crippen molar-refractivity contribution in [3.63, 3.8) is 0 Å². The van der Waals surface area contributed by atoms with E-state index < -0.39 is 11.0 Å². The van der Waals surface area contributed by atoms with E-state index in [0.717, 1.165) is 12.1 Å². The molecule has 0 bridgehead atoms. The van der Waals surface area contributed by atoms with Crippen molar-refractivity contribution in [1.82, 2.24) is 4.98 Å². The Bertz CT molecular complexity index is 769. The molecular formula is C16H17N3O4. The minimum Gasteiger partial charge on any atom is -0.368 e. The third-order valence-corrected chi connectivity index (χ3v) is 3.90. The van der Waals surface area contributed by atoms with Gasteiger partial charge in [0.2, 0.25) is 0 Å². The fourth-order valence-electron chi connectivity index (χ4n) is 2.66. The molecule has 0 aliphatic carbocycles. The molecule has 7 nitrogen and oxygen atoms in total. The van der Waals surface area contributed by atoms with Crippen LogP contribution in [0.3, 0.4) is 0 Å². The predicted molar refractivity (Wildman–Crippen MR) is 85.4 cm³/mol. The molecule has 1 N–H and O–H groups in total. The summed E-state index contributed by atoms with van der Waals surface area (Å²) < 4.78 is 5.38. The Balaban J connectivity index is 2.02. The lowest BCUT2D eigenvalue weighted by Gasteiger charge is -2.13. The molecule has 1 saturated heterocycles. The van der Waals surface area contributed by atoms with E-state index in [-0.39, 0.29) is 11.6 Å². The molecule has 1 unspecified atom stereocenters. The number of amides is 1. The van der Waals surface area contributed by atoms with Crippen LogP contribution in [0, 0.1) is 10.1 Å². The van der Waals surface area contributed by atoms with Crippen molar-refractivity contribution in [3.8, 4) is 0 Å². The SMILES string of the molecule is CCc1cc(NC(=O)C2CCCO2)c2cc([N+](=O)[O-])ccc2n1. The Kier molecular flexibility index (Phi) is 4.20. The van der Waals surface area contributed by atoms with Crippen LogP contribution < -0.4 is 5.32 Å². The molecule has 0 saturated carbocycles. The van der Waals surface area contributed by atoms with E-state index in [1.54, 1.807) is 12.1 Å². The van der Waals surface area contributed by atoms with Gasteiger partial charge in [0.1, 0.15) is 6.10 Å². The van der Waals surface area contributed by atoms with Gasteiger partial charge in [0.15, 0.2) is 0 Å². The zero-order valence-electron chi connectivity index (χ0n) is 12.7. The summed E-state index contributed by atoms with van der Waals surface area (Å²) in [4.78, 5) is 27.3. The fraction of sp³-hybridized carbons (Fsp3) is 0.375. The van der Waals surface area contributed by atoms with Crippen LogP contribution in [0.5, 0.6) is 0 Å². The standard InChI is InChI=1S/C16H17N3O4/c1-2-10-8-14(18-16(20)15-4-3-7-23-15)12-9-11(19(21)22)5-6-13(12)17-10/h5-6,8-9,15H,2-4,7H2,1H3,(H,17,18,20). The Labute approximate surface area is 132 Å². The number of non-ortho nitro benzene ring substituents is 1. The first-order valence-electron chi connectivity index (χ1n) is 7.59. The Morgan fingerprint density at radius 3 is 2.96 bits per heavy atom. The molecule has 0 spiro atoms. The number of hydrogen-bond donors (Lipinski definition) is 1. The molecule has 3 rings (SSSR count). The van der Waals surface area contributed by atoms with Gasteiger partial charge in [-0.25, -0.2) is 0 Å². The number of nitro benzene ring substituents is 1. The lowest BCUT2D eigenvalue weighted by Crippen LogP contribution is -2.27. The number of carbonyl (C=O) groups excluding carboxylic acids is 1. The average Bonchev–Trinajstić information content (AvgIpc) is 3.08. The van der Waals surface area contributed by atoms with Crippen molar-refractivity contribution >= 4 is 28.2 Å². The molecule has 2 aromatic rings. The van der Waals surface area contributed by atoms with Crippen LogP contribution in [0.2, 0.25) is 0 Å². The van der Waals surface area contributed by atoms with Gasteiger partial charge < -0.3 is 10.1 Å². The maximum Gasteiger partial charge on any atom is 0.270 e. The summed E-state index contributed by atoms with van der Waals surface area (Å²) in [6.45, 7) is 2.55. The molecule has 120 valence electrons. The summed E-state index contributed by atoms with van der Waals surface area (Å²) in [7, 11) is 0. The van der Waals surface area contributed by atoms with Gasteiger partial charge in [-0.05, 0) is 31.4 Å². The fourth-order valence-corrected chi connectivity index (χ4v) is 2.66. The molecule has 1 fully saturated rings. The third-order valence-electron chi connectivity index (χ3n) is 3.90. The van der Waals surface area contributed by atoms with E-state index in [1.165, 1.54) is 12.1 Å². The molecule has 7 heteroatoms. The lowest BCUT2D eigenvalue weighted by atomic mass is 10.1. The highest BCUT2D eigenvalue weighted by Crippen LogP contribution is 2.28. The van der Waals surface area contributed by atoms with E-state index in [4.69, 9.17) is 4.74 Å². The number of fused-ring (bicyclic) bond motifs is 1. The van der Waals surface area contributed by atoms with Crippen LogP contribution >= 0.6 is 0 Å². The van der Waals surface area contributed by atoms with Crippen LogP contribution in [-0.4, -0.2) is 28.5 Å². The molecule has 23 heavy (non-hydrogen) atoms. The number of ether oxygens (including phenoxy) is 1. The highest BCUT2D eigenvalue weighted by atomic mass is 16.6. The number of nitrogens with one attached hydrogen (secondary N) is 1. The van der Waals surface area contributed by atoms with Crippen molar-refractivity contribution in [3.05, 3.63) is 40.1 Å². The minimum atomic E-state index is -0.459. The number of nitrogens with zero attached hydrogens (tertiary/aromatic N) is 2.